The van der Waals surface area contributed by atoms with E-state index in [4.69, 9.17) is 16.7 Å². The van der Waals surface area contributed by atoms with Crippen LogP contribution in [0.2, 0.25) is 0 Å². The molecule has 0 saturated heterocycles. The maximum atomic E-state index is 8.71. The first-order chi connectivity index (χ1) is 4.63. The molecule has 0 fully saturated rings. The van der Waals surface area contributed by atoms with Gasteiger partial charge < -0.3 is 15.3 Å². The second-order valence-electron chi connectivity index (χ2n) is 2.13. The summed E-state index contributed by atoms with van der Waals surface area (Å²) in [6.07, 6.45) is -0.660. The Morgan fingerprint density at radius 1 is 1.22 bits per heavy atom. The molecule has 0 aliphatic carbocycles. The molecule has 0 heterocycles. The van der Waals surface area contributed by atoms with Gasteiger partial charge in [0.2, 0.25) is 0 Å². The fourth-order valence-electron chi connectivity index (χ4n) is 0.424. The van der Waals surface area contributed by atoms with Crippen molar-refractivity contribution in [1.29, 1.82) is 0 Å². The zero-order valence-electron chi connectivity index (χ0n) is 6.54. The minimum absolute atomic E-state index is 0.356. The fourth-order valence-corrected chi connectivity index (χ4v) is 0.424. The van der Waals surface area contributed by atoms with Gasteiger partial charge in [0, 0.05) is 6.79 Å². The Bertz CT molecular complexity index is 82.7. The second kappa shape index (κ2) is 3.82. The summed E-state index contributed by atoms with van der Waals surface area (Å²) in [6, 6.07) is 0. The molecule has 0 rings (SSSR count). The fraction of sp³-hybridized carbons (Fsp3) is 1.00. The predicted octanol–water partition coefficient (Wildman–Crippen LogP) is -0.640. The summed E-state index contributed by atoms with van der Waals surface area (Å²) in [7, 11) is 0. The van der Waals surface area contributed by atoms with Gasteiger partial charge in [0.25, 0.3) is 0 Å². The molecule has 56 valence electrons. The summed E-state index contributed by atoms with van der Waals surface area (Å²) in [5.74, 6) is 0. The standard InChI is InChI=1S/C6H14O3/c1-2-6(3-7,4-8)5-9/h7-9H,2-5H2,1H3/i2T. The molecule has 0 aliphatic rings. The predicted molar refractivity (Wildman–Crippen MR) is 34.0 cm³/mol. The van der Waals surface area contributed by atoms with Crippen LogP contribution in [-0.4, -0.2) is 35.1 Å². The van der Waals surface area contributed by atoms with E-state index in [1.807, 2.05) is 0 Å². The van der Waals surface area contributed by atoms with E-state index in [1.165, 1.54) is 6.92 Å². The third-order valence-corrected chi connectivity index (χ3v) is 1.56. The van der Waals surface area contributed by atoms with E-state index in [0.717, 1.165) is 0 Å². The van der Waals surface area contributed by atoms with Crippen molar-refractivity contribution in [3.05, 3.63) is 0 Å². The Morgan fingerprint density at radius 2 is 1.56 bits per heavy atom. The Kier molecular flexibility index (Phi) is 2.97. The van der Waals surface area contributed by atoms with Crippen molar-refractivity contribution >= 4 is 0 Å². The van der Waals surface area contributed by atoms with Crippen LogP contribution in [0, 0.1) is 5.41 Å². The van der Waals surface area contributed by atoms with E-state index in [2.05, 4.69) is 0 Å². The molecule has 0 aliphatic heterocycles. The molecule has 1 unspecified atom stereocenters. The lowest BCUT2D eigenvalue weighted by molar-refractivity contribution is 0.00304. The molecule has 3 N–H and O–H groups in total. The average Bonchev–Trinajstić information content (AvgIpc) is 1.92. The van der Waals surface area contributed by atoms with Crippen LogP contribution in [0.1, 0.15) is 14.7 Å². The Morgan fingerprint density at radius 3 is 1.56 bits per heavy atom. The maximum absolute atomic E-state index is 8.71. The SMILES string of the molecule is [3H]C(C)C(CO)(CO)CO. The Labute approximate surface area is 56.4 Å². The number of aliphatic hydroxyl groups excluding tert-OH is 3. The molecular formula is C6H14O3. The number of hydrogen-bond donors (Lipinski definition) is 3. The van der Waals surface area contributed by atoms with Crippen LogP contribution in [0.25, 0.3) is 0 Å². The lowest BCUT2D eigenvalue weighted by Gasteiger charge is -2.24. The minimum atomic E-state index is -1.04. The lowest BCUT2D eigenvalue weighted by Crippen LogP contribution is -2.32. The quantitative estimate of drug-likeness (QED) is 0.481. The van der Waals surface area contributed by atoms with E-state index in [-0.39, 0.29) is 19.8 Å². The molecule has 0 aromatic rings. The van der Waals surface area contributed by atoms with E-state index < -0.39 is 11.8 Å². The van der Waals surface area contributed by atoms with Crippen molar-refractivity contribution in [2.75, 3.05) is 19.8 Å². The molecule has 0 aromatic carbocycles. The van der Waals surface area contributed by atoms with Crippen LogP contribution in [0.4, 0.5) is 0 Å². The summed E-state index contributed by atoms with van der Waals surface area (Å²) in [5, 5.41) is 26.1. The summed E-state index contributed by atoms with van der Waals surface area (Å²) >= 11 is 0. The van der Waals surface area contributed by atoms with Crippen LogP contribution in [0.15, 0.2) is 0 Å². The lowest BCUT2D eigenvalue weighted by atomic mass is 9.88. The van der Waals surface area contributed by atoms with Gasteiger partial charge in [-0.1, -0.05) is 6.92 Å². The molecule has 1 atom stereocenters. The molecule has 0 bridgehead atoms. The van der Waals surface area contributed by atoms with Gasteiger partial charge >= 0.3 is 0 Å². The smallest absolute Gasteiger partial charge is 0.0531 e. The summed E-state index contributed by atoms with van der Waals surface area (Å²) in [4.78, 5) is 0. The molecule has 9 heavy (non-hydrogen) atoms. The highest BCUT2D eigenvalue weighted by atomic mass is 16.3. The molecule has 0 saturated carbocycles. The van der Waals surface area contributed by atoms with E-state index in [9.17, 15) is 0 Å². The number of hydrogen-bond acceptors (Lipinski definition) is 3. The van der Waals surface area contributed by atoms with Crippen molar-refractivity contribution in [1.82, 2.24) is 0 Å². The first-order valence-corrected chi connectivity index (χ1v) is 2.88. The zero-order chi connectivity index (χ0) is 8.20. The van der Waals surface area contributed by atoms with Gasteiger partial charge in [-0.25, -0.2) is 0 Å². The molecular weight excluding hydrogens is 120 g/mol. The second-order valence-corrected chi connectivity index (χ2v) is 2.13. The van der Waals surface area contributed by atoms with E-state index in [0.29, 0.717) is 0 Å². The van der Waals surface area contributed by atoms with Gasteiger partial charge in [-0.2, -0.15) is 0 Å². The third-order valence-electron chi connectivity index (χ3n) is 1.56. The highest BCUT2D eigenvalue weighted by molar-refractivity contribution is 4.74. The normalized spacial score (nSPS) is 17.1. The van der Waals surface area contributed by atoms with Crippen LogP contribution in [0.3, 0.4) is 0 Å². The first-order valence-electron chi connectivity index (χ1n) is 3.45. The van der Waals surface area contributed by atoms with Crippen molar-refractivity contribution in [3.8, 4) is 0 Å². The monoisotopic (exact) mass is 136 g/mol. The Hall–Kier alpha value is -0.120. The highest BCUT2D eigenvalue weighted by Crippen LogP contribution is 2.18. The maximum Gasteiger partial charge on any atom is 0.0531 e. The molecule has 0 amide bonds. The van der Waals surface area contributed by atoms with Crippen molar-refractivity contribution in [3.63, 3.8) is 0 Å². The Balaban J connectivity index is 4.15. The van der Waals surface area contributed by atoms with Crippen molar-refractivity contribution in [2.24, 2.45) is 5.41 Å². The van der Waals surface area contributed by atoms with Gasteiger partial charge in [-0.3, -0.25) is 0 Å². The average molecular weight is 136 g/mol. The number of rotatable bonds is 4. The first kappa shape index (κ1) is 6.99. The topological polar surface area (TPSA) is 60.7 Å². The largest absolute Gasteiger partial charge is 0.396 e. The minimum Gasteiger partial charge on any atom is -0.396 e. The van der Waals surface area contributed by atoms with Crippen LogP contribution < -0.4 is 0 Å². The highest BCUT2D eigenvalue weighted by Gasteiger charge is 2.24. The van der Waals surface area contributed by atoms with E-state index >= 15 is 0 Å². The molecule has 0 aromatic heterocycles. The van der Waals surface area contributed by atoms with Crippen molar-refractivity contribution in [2.45, 2.75) is 13.3 Å². The summed E-state index contributed by atoms with van der Waals surface area (Å²) in [5.41, 5.74) is -1.04. The molecule has 3 heteroatoms. The molecule has 0 spiro atoms. The van der Waals surface area contributed by atoms with Crippen molar-refractivity contribution < 1.29 is 16.7 Å². The number of aliphatic hydroxyl groups is 3. The van der Waals surface area contributed by atoms with Crippen LogP contribution in [0.5, 0.6) is 0 Å². The van der Waals surface area contributed by atoms with Gasteiger partial charge in [0.1, 0.15) is 0 Å². The van der Waals surface area contributed by atoms with Gasteiger partial charge in [-0.05, 0) is 6.40 Å². The van der Waals surface area contributed by atoms with Gasteiger partial charge in [0.05, 0.1) is 19.8 Å². The molecule has 3 nitrogen and oxygen atoms in total. The zero-order valence-corrected chi connectivity index (χ0v) is 5.54. The van der Waals surface area contributed by atoms with Crippen LogP contribution >= 0.6 is 0 Å². The summed E-state index contributed by atoms with van der Waals surface area (Å²) < 4.78 is 7.20. The van der Waals surface area contributed by atoms with Crippen LogP contribution in [-0.2, 0) is 0 Å². The third kappa shape index (κ3) is 1.93. The molecule has 0 radical (unpaired) electrons. The van der Waals surface area contributed by atoms with Gasteiger partial charge in [-0.15, -0.1) is 0 Å². The van der Waals surface area contributed by atoms with E-state index in [1.54, 1.807) is 0 Å². The summed E-state index contributed by atoms with van der Waals surface area (Å²) in [6.45, 7) is 0.461. The van der Waals surface area contributed by atoms with Gasteiger partial charge in [0.15, 0.2) is 0 Å².